The van der Waals surface area contributed by atoms with E-state index in [4.69, 9.17) is 33.5 Å². The predicted octanol–water partition coefficient (Wildman–Crippen LogP) is 11.5. The van der Waals surface area contributed by atoms with Gasteiger partial charge in [0.05, 0.1) is 51.2 Å². The third-order valence-corrected chi connectivity index (χ3v) is 13.8. The number of halogens is 4. The molecule has 0 saturated carbocycles. The van der Waals surface area contributed by atoms with Gasteiger partial charge in [0.1, 0.15) is 23.9 Å². The summed E-state index contributed by atoms with van der Waals surface area (Å²) in [4.78, 5) is 72.2. The van der Waals surface area contributed by atoms with Crippen molar-refractivity contribution in [2.24, 2.45) is 14.1 Å². The number of pyridine rings is 2. The van der Waals surface area contributed by atoms with E-state index in [1.54, 1.807) is 85.7 Å². The number of nitrogen functional groups attached to an aromatic ring is 1. The number of Topliss-reactive ketones (excluding diaryl/α,β-unsaturated/α-hetero) is 1. The van der Waals surface area contributed by atoms with E-state index in [1.807, 2.05) is 56.3 Å². The number of hydrogen-bond donors (Lipinski definition) is 2. The molecule has 0 radical (unpaired) electrons. The molecule has 0 spiro atoms. The van der Waals surface area contributed by atoms with E-state index in [0.717, 1.165) is 16.5 Å². The standard InChI is InChI=1S/C26H19ClN4O3.C22H16ClN3O3.C6H15N.C3H4N2O.C2Cl2O2/c1-15-7-8-16(23(32)13-18-9-10-34-30-18)11-20(15)21-12-17-14-28-29-24(25(17)31(2)26(21)33)19-5-3-4-6-22(19)27;1-12-7-8-13(22(28)29)9-16(12)17-10-14-11-24-25-19(20(14)26(2)21(17)27)15-5-3-4-6-18(15)23;1-4-7(5-2)6-3;4-3-1-2-6-5-3;3-1(5)2(4)6/h3-12,14H,13H2,1-2H3;3-11H,1-2H3,(H,28,29);4-6H2,1-3H3;1-2H,(H2,4,5);. The Balaban J connectivity index is 0.000000201. The number of nitrogens with two attached hydrogens (primary N) is 1. The number of ketones is 1. The van der Waals surface area contributed by atoms with Crippen LogP contribution in [0, 0.1) is 13.8 Å². The number of carboxylic acid groups (broad SMARTS) is 1. The van der Waals surface area contributed by atoms with E-state index in [1.165, 1.54) is 48.9 Å². The van der Waals surface area contributed by atoms with Crippen LogP contribution in [0.5, 0.6) is 0 Å². The van der Waals surface area contributed by atoms with Crippen molar-refractivity contribution in [2.75, 3.05) is 25.4 Å². The minimum atomic E-state index is -1.14. The highest BCUT2D eigenvalue weighted by Gasteiger charge is 2.21. The number of aromatic carboxylic acids is 1. The maximum absolute atomic E-state index is 13.5. The number of rotatable bonds is 12. The molecule has 0 aliphatic carbocycles. The van der Waals surface area contributed by atoms with Gasteiger partial charge in [-0.2, -0.15) is 10.2 Å². The molecule has 6 aromatic heterocycles. The summed E-state index contributed by atoms with van der Waals surface area (Å²) < 4.78 is 12.2. The Morgan fingerprint density at radius 2 is 1.02 bits per heavy atom. The molecule has 19 nitrogen and oxygen atoms in total. The van der Waals surface area contributed by atoms with Crippen LogP contribution in [-0.2, 0) is 30.1 Å². The van der Waals surface area contributed by atoms with Crippen molar-refractivity contribution >= 4 is 96.3 Å². The van der Waals surface area contributed by atoms with Crippen molar-refractivity contribution in [3.8, 4) is 44.8 Å². The molecule has 0 bridgehead atoms. The first kappa shape index (κ1) is 62.5. The quantitative estimate of drug-likeness (QED) is 0.0654. The van der Waals surface area contributed by atoms with Crippen LogP contribution < -0.4 is 16.9 Å². The Morgan fingerprint density at radius 1 is 0.585 bits per heavy atom. The number of benzene rings is 4. The molecule has 82 heavy (non-hydrogen) atoms. The van der Waals surface area contributed by atoms with Gasteiger partial charge in [-0.15, -0.1) is 10.2 Å². The highest BCUT2D eigenvalue weighted by molar-refractivity contribution is 6.97. The molecule has 6 heterocycles. The van der Waals surface area contributed by atoms with Gasteiger partial charge in [-0.05, 0) is 121 Å². The summed E-state index contributed by atoms with van der Waals surface area (Å²) in [6.45, 7) is 13.9. The average molecular weight is 1190 g/mol. The lowest BCUT2D eigenvalue weighted by Gasteiger charge is -2.14. The van der Waals surface area contributed by atoms with Gasteiger partial charge >= 0.3 is 16.5 Å². The number of anilines is 1. The molecule has 3 N–H and O–H groups in total. The molecule has 0 atom stereocenters. The van der Waals surface area contributed by atoms with Crippen molar-refractivity contribution in [3.05, 3.63) is 193 Å². The summed E-state index contributed by atoms with van der Waals surface area (Å²) in [6.07, 6.45) is 6.17. The molecule has 0 aliphatic heterocycles. The predicted molar refractivity (Wildman–Crippen MR) is 318 cm³/mol. The van der Waals surface area contributed by atoms with E-state index in [2.05, 4.69) is 84.1 Å². The van der Waals surface area contributed by atoms with Crippen molar-refractivity contribution < 1.29 is 33.3 Å². The van der Waals surface area contributed by atoms with Crippen LogP contribution in [0.4, 0.5) is 5.82 Å². The first-order valence-corrected chi connectivity index (χ1v) is 26.6. The monoisotopic (exact) mass is 1190 g/mol. The van der Waals surface area contributed by atoms with Crippen molar-refractivity contribution in [1.29, 1.82) is 0 Å². The number of carbonyl (C=O) groups excluding carboxylic acids is 3. The summed E-state index contributed by atoms with van der Waals surface area (Å²) in [7, 11) is 3.36. The lowest BCUT2D eigenvalue weighted by molar-refractivity contribution is -0.127. The zero-order valence-corrected chi connectivity index (χ0v) is 48.4. The van der Waals surface area contributed by atoms with Crippen molar-refractivity contribution in [3.63, 3.8) is 0 Å². The smallest absolute Gasteiger partial charge is 0.335 e. The molecular weight excluding hydrogens is 1130 g/mol. The Hall–Kier alpha value is -8.72. The van der Waals surface area contributed by atoms with E-state index in [9.17, 15) is 33.9 Å². The highest BCUT2D eigenvalue weighted by Crippen LogP contribution is 2.34. The fraction of sp³-hybridized carbons (Fsp3) is 0.186. The number of fused-ring (bicyclic) bond motifs is 2. The topological polar surface area (TPSA) is 265 Å². The number of carboxylic acids is 1. The van der Waals surface area contributed by atoms with Crippen LogP contribution >= 0.6 is 46.4 Å². The summed E-state index contributed by atoms with van der Waals surface area (Å²) in [5, 5.41) is 33.4. The summed E-state index contributed by atoms with van der Waals surface area (Å²) in [5.41, 5.74) is 13.2. The number of aryl methyl sites for hydroxylation is 4. The molecule has 0 aliphatic rings. The second kappa shape index (κ2) is 29.1. The van der Waals surface area contributed by atoms with Crippen LogP contribution in [0.2, 0.25) is 10.0 Å². The fourth-order valence-electron chi connectivity index (χ4n) is 8.38. The molecule has 0 amide bonds. The largest absolute Gasteiger partial charge is 0.478 e. The molecule has 10 rings (SSSR count). The Bertz CT molecular complexity index is 4020. The first-order chi connectivity index (χ1) is 39.2. The molecule has 422 valence electrons. The lowest BCUT2D eigenvalue weighted by Crippen LogP contribution is -2.21. The number of aromatic nitrogens is 8. The van der Waals surface area contributed by atoms with Crippen LogP contribution in [0.15, 0.2) is 153 Å². The molecule has 10 aromatic rings. The molecule has 0 unspecified atom stereocenters. The summed E-state index contributed by atoms with van der Waals surface area (Å²) >= 11 is 21.7. The average Bonchev–Trinajstić information content (AvgIpc) is 3.49. The van der Waals surface area contributed by atoms with Crippen LogP contribution in [-0.4, -0.2) is 91.7 Å². The molecule has 4 aromatic carbocycles. The normalized spacial score (nSPS) is 10.6. The summed E-state index contributed by atoms with van der Waals surface area (Å²) in [6, 6.07) is 31.4. The SMILES string of the molecule is CCN(CC)CC.Cc1ccc(C(=O)Cc2ccon2)cc1-c1cc2cnnc(-c3ccccc3Cl)c2n(C)c1=O.Cc1ccc(C(=O)O)cc1-c1cc2cnnc(-c3ccccc3Cl)c2n(C)c1=O.Nc1ccon1.O=C(Cl)C(=O)Cl. The van der Waals surface area contributed by atoms with Crippen LogP contribution in [0.25, 0.3) is 66.6 Å². The van der Waals surface area contributed by atoms with E-state index >= 15 is 0 Å². The zero-order valence-electron chi connectivity index (χ0n) is 45.4. The van der Waals surface area contributed by atoms with Crippen molar-refractivity contribution in [1.82, 2.24) is 44.7 Å². The number of carbonyl (C=O) groups is 4. The molecule has 23 heteroatoms. The summed E-state index contributed by atoms with van der Waals surface area (Å²) in [5.74, 6) is -0.731. The van der Waals surface area contributed by atoms with Gasteiger partial charge in [0, 0.05) is 64.8 Å². The van der Waals surface area contributed by atoms with Gasteiger partial charge in [-0.1, -0.05) is 109 Å². The van der Waals surface area contributed by atoms with Gasteiger partial charge in [0.15, 0.2) is 11.6 Å². The van der Waals surface area contributed by atoms with Gasteiger partial charge in [0.2, 0.25) is 0 Å². The molecular formula is C59H54Cl4N10O9. The Morgan fingerprint density at radius 3 is 1.39 bits per heavy atom. The van der Waals surface area contributed by atoms with Gasteiger partial charge in [0.25, 0.3) is 11.1 Å². The minimum Gasteiger partial charge on any atom is -0.478 e. The Kier molecular flexibility index (Phi) is 22.2. The lowest BCUT2D eigenvalue weighted by atomic mass is 9.95. The van der Waals surface area contributed by atoms with E-state index in [-0.39, 0.29) is 28.9 Å². The van der Waals surface area contributed by atoms with Gasteiger partial charge in [-0.3, -0.25) is 24.0 Å². The number of hydrogen-bond acceptors (Lipinski definition) is 16. The Labute approximate surface area is 489 Å². The maximum Gasteiger partial charge on any atom is 0.335 e. The van der Waals surface area contributed by atoms with Gasteiger partial charge in [-0.25, -0.2) is 4.79 Å². The second-order valence-corrected chi connectivity index (χ2v) is 19.3. The van der Waals surface area contributed by atoms with Gasteiger partial charge < -0.3 is 33.9 Å². The zero-order chi connectivity index (χ0) is 59.8. The fourth-order valence-corrected chi connectivity index (χ4v) is 8.83. The first-order valence-electron chi connectivity index (χ1n) is 25.1. The molecule has 0 saturated heterocycles. The molecule has 0 fully saturated rings. The minimum absolute atomic E-state index is 0.111. The van der Waals surface area contributed by atoms with E-state index < -0.39 is 16.5 Å². The van der Waals surface area contributed by atoms with Crippen LogP contribution in [0.1, 0.15) is 58.3 Å². The second-order valence-electron chi connectivity index (χ2n) is 17.8. The highest BCUT2D eigenvalue weighted by atomic mass is 35.5. The van der Waals surface area contributed by atoms with Crippen molar-refractivity contribution in [2.45, 2.75) is 41.0 Å². The third-order valence-electron chi connectivity index (χ3n) is 12.7. The number of nitrogens with zero attached hydrogens (tertiary/aromatic N) is 9. The third kappa shape index (κ3) is 15.4. The van der Waals surface area contributed by atoms with E-state index in [0.29, 0.717) is 88.3 Å². The van der Waals surface area contributed by atoms with Crippen LogP contribution in [0.3, 0.4) is 0 Å². The maximum atomic E-state index is 13.5.